The van der Waals surface area contributed by atoms with Crippen molar-refractivity contribution in [2.45, 2.75) is 19.9 Å². The quantitative estimate of drug-likeness (QED) is 0.472. The Morgan fingerprint density at radius 1 is 1.44 bits per heavy atom. The van der Waals surface area contributed by atoms with E-state index < -0.39 is 23.5 Å². The Hall–Kier alpha value is -2.11. The minimum atomic E-state index is -0.970. The zero-order valence-electron chi connectivity index (χ0n) is 10.4. The molecule has 0 fully saturated rings. The molecule has 0 radical (unpaired) electrons. The van der Waals surface area contributed by atoms with E-state index in [4.69, 9.17) is 4.74 Å². The number of anilines is 1. The molecule has 1 unspecified atom stereocenters. The Morgan fingerprint density at radius 3 is 2.56 bits per heavy atom. The highest BCUT2D eigenvalue weighted by molar-refractivity contribution is 5.79. The van der Waals surface area contributed by atoms with Crippen LogP contribution in [0.3, 0.4) is 0 Å². The van der Waals surface area contributed by atoms with E-state index in [1.54, 1.807) is 19.1 Å². The second kappa shape index (κ2) is 6.58. The fraction of sp³-hybridized carbons (Fsp3) is 0.417. The van der Waals surface area contributed by atoms with Crippen molar-refractivity contribution in [3.8, 4) is 0 Å². The van der Waals surface area contributed by atoms with Crippen molar-refractivity contribution in [2.75, 3.05) is 18.5 Å². The first-order valence-corrected chi connectivity index (χ1v) is 5.64. The molecule has 98 valence electrons. The van der Waals surface area contributed by atoms with E-state index in [-0.39, 0.29) is 6.61 Å². The molecule has 6 heteroatoms. The monoisotopic (exact) mass is 252 g/mol. The van der Waals surface area contributed by atoms with Gasteiger partial charge in [0.1, 0.15) is 0 Å². The highest BCUT2D eigenvalue weighted by atomic mass is 16.6. The Morgan fingerprint density at radius 2 is 2.06 bits per heavy atom. The molecule has 0 aromatic heterocycles. The molecule has 0 bridgehead atoms. The summed E-state index contributed by atoms with van der Waals surface area (Å²) in [7, 11) is 0. The van der Waals surface area contributed by atoms with Crippen LogP contribution in [0.15, 0.2) is 24.3 Å². The standard InChI is InChI=1S/C12H16N2O4/c1-3-18-12(15)11(8-14(16)17)13-10-6-4-9(2)5-7-10/h4-7,11,13H,3,8H2,1-2H3. The van der Waals surface area contributed by atoms with Crippen LogP contribution in [-0.2, 0) is 9.53 Å². The van der Waals surface area contributed by atoms with E-state index in [0.717, 1.165) is 5.56 Å². The Labute approximate surface area is 105 Å². The zero-order chi connectivity index (χ0) is 13.5. The van der Waals surface area contributed by atoms with Gasteiger partial charge < -0.3 is 10.1 Å². The van der Waals surface area contributed by atoms with E-state index in [2.05, 4.69) is 5.32 Å². The lowest BCUT2D eigenvalue weighted by Gasteiger charge is -2.14. The number of carbonyl (C=O) groups is 1. The number of hydrogen-bond acceptors (Lipinski definition) is 5. The van der Waals surface area contributed by atoms with E-state index >= 15 is 0 Å². The molecular weight excluding hydrogens is 236 g/mol. The molecule has 0 aliphatic heterocycles. The highest BCUT2D eigenvalue weighted by Crippen LogP contribution is 2.10. The van der Waals surface area contributed by atoms with Gasteiger partial charge in [-0.25, -0.2) is 4.79 Å². The predicted octanol–water partition coefficient (Wildman–Crippen LogP) is 1.62. The van der Waals surface area contributed by atoms with Gasteiger partial charge in [0.2, 0.25) is 6.54 Å². The van der Waals surface area contributed by atoms with Gasteiger partial charge in [-0.2, -0.15) is 0 Å². The first-order chi connectivity index (χ1) is 8.52. The molecule has 1 rings (SSSR count). The van der Waals surface area contributed by atoms with Gasteiger partial charge in [0, 0.05) is 10.6 Å². The minimum absolute atomic E-state index is 0.197. The number of esters is 1. The number of nitro groups is 1. The van der Waals surface area contributed by atoms with Crippen LogP contribution in [-0.4, -0.2) is 30.1 Å². The van der Waals surface area contributed by atoms with E-state index in [9.17, 15) is 14.9 Å². The normalized spacial score (nSPS) is 11.7. The van der Waals surface area contributed by atoms with E-state index in [0.29, 0.717) is 5.69 Å². The van der Waals surface area contributed by atoms with Crippen LogP contribution in [0.5, 0.6) is 0 Å². The third-order valence-corrected chi connectivity index (χ3v) is 2.30. The molecule has 18 heavy (non-hydrogen) atoms. The number of aryl methyl sites for hydroxylation is 1. The molecule has 0 aliphatic carbocycles. The average molecular weight is 252 g/mol. The maximum absolute atomic E-state index is 11.6. The lowest BCUT2D eigenvalue weighted by Crippen LogP contribution is -2.37. The van der Waals surface area contributed by atoms with Gasteiger partial charge in [-0.15, -0.1) is 0 Å². The summed E-state index contributed by atoms with van der Waals surface area (Å²) in [6, 6.07) is 6.28. The Balaban J connectivity index is 2.74. The third kappa shape index (κ3) is 4.40. The van der Waals surface area contributed by atoms with E-state index in [1.807, 2.05) is 19.1 Å². The SMILES string of the molecule is CCOC(=O)C(C[N+](=O)[O-])Nc1ccc(C)cc1. The molecule has 0 saturated carbocycles. The smallest absolute Gasteiger partial charge is 0.335 e. The Kier molecular flexibility index (Phi) is 5.10. The maximum Gasteiger partial charge on any atom is 0.335 e. The zero-order valence-corrected chi connectivity index (χ0v) is 10.4. The van der Waals surface area contributed by atoms with Gasteiger partial charge in [-0.05, 0) is 26.0 Å². The largest absolute Gasteiger partial charge is 0.464 e. The molecular formula is C12H16N2O4. The number of hydrogen-bond donors (Lipinski definition) is 1. The maximum atomic E-state index is 11.6. The van der Waals surface area contributed by atoms with E-state index in [1.165, 1.54) is 0 Å². The number of rotatable bonds is 6. The first kappa shape index (κ1) is 14.0. The molecule has 0 aliphatic rings. The van der Waals surface area contributed by atoms with Crippen LogP contribution in [0.4, 0.5) is 5.69 Å². The average Bonchev–Trinajstić information content (AvgIpc) is 2.31. The summed E-state index contributed by atoms with van der Waals surface area (Å²) in [6.45, 7) is 3.28. The van der Waals surface area contributed by atoms with Crippen LogP contribution >= 0.6 is 0 Å². The van der Waals surface area contributed by atoms with Crippen LogP contribution in [0.1, 0.15) is 12.5 Å². The van der Waals surface area contributed by atoms with Gasteiger partial charge in [-0.1, -0.05) is 17.7 Å². The van der Waals surface area contributed by atoms with Gasteiger partial charge in [0.25, 0.3) is 0 Å². The van der Waals surface area contributed by atoms with Crippen molar-refractivity contribution in [2.24, 2.45) is 0 Å². The molecule has 1 aromatic carbocycles. The molecule has 0 saturated heterocycles. The fourth-order valence-corrected chi connectivity index (χ4v) is 1.42. The Bertz CT molecular complexity index is 417. The summed E-state index contributed by atoms with van der Waals surface area (Å²) in [5.74, 6) is -0.616. The molecule has 6 nitrogen and oxygen atoms in total. The highest BCUT2D eigenvalue weighted by Gasteiger charge is 2.25. The van der Waals surface area contributed by atoms with Crippen LogP contribution < -0.4 is 5.32 Å². The molecule has 0 amide bonds. The third-order valence-electron chi connectivity index (χ3n) is 2.30. The van der Waals surface area contributed by atoms with Crippen LogP contribution in [0, 0.1) is 17.0 Å². The number of carbonyl (C=O) groups excluding carboxylic acids is 1. The van der Waals surface area contributed by atoms with Gasteiger partial charge in [0.15, 0.2) is 6.04 Å². The lowest BCUT2D eigenvalue weighted by atomic mass is 10.2. The molecule has 1 aromatic rings. The second-order valence-corrected chi connectivity index (χ2v) is 3.83. The van der Waals surface area contributed by atoms with Crippen molar-refractivity contribution in [3.05, 3.63) is 39.9 Å². The summed E-state index contributed by atoms with van der Waals surface area (Å²) in [5, 5.41) is 13.3. The summed E-state index contributed by atoms with van der Waals surface area (Å²) >= 11 is 0. The van der Waals surface area contributed by atoms with Crippen molar-refractivity contribution in [1.82, 2.24) is 0 Å². The summed E-state index contributed by atoms with van der Waals surface area (Å²) in [4.78, 5) is 21.5. The molecule has 0 spiro atoms. The number of benzene rings is 1. The number of ether oxygens (including phenoxy) is 1. The molecule has 1 N–H and O–H groups in total. The molecule has 1 atom stereocenters. The van der Waals surface area contributed by atoms with Crippen molar-refractivity contribution in [3.63, 3.8) is 0 Å². The van der Waals surface area contributed by atoms with Gasteiger partial charge in [-0.3, -0.25) is 10.1 Å². The summed E-state index contributed by atoms with van der Waals surface area (Å²) in [5.41, 5.74) is 1.73. The van der Waals surface area contributed by atoms with Crippen LogP contribution in [0.25, 0.3) is 0 Å². The van der Waals surface area contributed by atoms with Crippen molar-refractivity contribution in [1.29, 1.82) is 0 Å². The fourth-order valence-electron chi connectivity index (χ4n) is 1.42. The van der Waals surface area contributed by atoms with Gasteiger partial charge >= 0.3 is 5.97 Å². The summed E-state index contributed by atoms with van der Waals surface area (Å²) in [6.07, 6.45) is 0. The molecule has 0 heterocycles. The van der Waals surface area contributed by atoms with Crippen molar-refractivity contribution >= 4 is 11.7 Å². The topological polar surface area (TPSA) is 81.5 Å². The lowest BCUT2D eigenvalue weighted by molar-refractivity contribution is -0.480. The summed E-state index contributed by atoms with van der Waals surface area (Å²) < 4.78 is 4.79. The second-order valence-electron chi connectivity index (χ2n) is 3.83. The van der Waals surface area contributed by atoms with Crippen LogP contribution in [0.2, 0.25) is 0 Å². The van der Waals surface area contributed by atoms with Gasteiger partial charge in [0.05, 0.1) is 6.61 Å². The minimum Gasteiger partial charge on any atom is -0.464 e. The first-order valence-electron chi connectivity index (χ1n) is 5.64. The number of nitrogens with zero attached hydrogens (tertiary/aromatic N) is 1. The number of nitrogens with one attached hydrogen (secondary N) is 1. The van der Waals surface area contributed by atoms with Crippen molar-refractivity contribution < 1.29 is 14.5 Å². The predicted molar refractivity (Wildman–Crippen MR) is 67.1 cm³/mol.